The third kappa shape index (κ3) is 3.51. The summed E-state index contributed by atoms with van der Waals surface area (Å²) in [5.41, 5.74) is 10.5. The highest BCUT2D eigenvalue weighted by Crippen LogP contribution is 2.89. The summed E-state index contributed by atoms with van der Waals surface area (Å²) in [5.74, 6) is 5.47. The predicted octanol–water partition coefficient (Wildman–Crippen LogP) is 13.3. The fourth-order valence-corrected chi connectivity index (χ4v) is 14.3. The van der Waals surface area contributed by atoms with Gasteiger partial charge in [0, 0.05) is 53.8 Å². The lowest BCUT2D eigenvalue weighted by molar-refractivity contribution is -0.235. The van der Waals surface area contributed by atoms with Crippen molar-refractivity contribution in [3.05, 3.63) is 125 Å². The van der Waals surface area contributed by atoms with Crippen molar-refractivity contribution < 1.29 is 4.74 Å². The van der Waals surface area contributed by atoms with E-state index < -0.39 is 0 Å². The highest BCUT2D eigenvalue weighted by Gasteiger charge is 2.84. The van der Waals surface area contributed by atoms with Crippen molar-refractivity contribution in [1.82, 2.24) is 0 Å². The molecule has 2 nitrogen and oxygen atoms in total. The Kier molecular flexibility index (Phi) is 5.48. The lowest BCUT2D eigenvalue weighted by Gasteiger charge is -2.77. The predicted molar refractivity (Wildman–Crippen MR) is 211 cm³/mol. The first-order chi connectivity index (χ1) is 24.7. The molecule has 1 aromatic heterocycles. The maximum Gasteiger partial charge on any atom is 0.131 e. The van der Waals surface area contributed by atoms with Crippen molar-refractivity contribution in [3.63, 3.8) is 0 Å². The molecule has 12 rings (SSSR count). The number of benzene rings is 5. The van der Waals surface area contributed by atoms with Crippen LogP contribution in [0, 0.1) is 29.1 Å². The first-order valence-corrected chi connectivity index (χ1v) is 20.3. The van der Waals surface area contributed by atoms with Crippen LogP contribution in [-0.2, 0) is 16.2 Å². The maximum atomic E-state index is 6.85. The first-order valence-electron chi connectivity index (χ1n) is 19.5. The van der Waals surface area contributed by atoms with Gasteiger partial charge in [-0.25, -0.2) is 0 Å². The molecule has 5 aromatic carbocycles. The van der Waals surface area contributed by atoms with Crippen molar-refractivity contribution in [2.45, 2.75) is 82.5 Å². The Morgan fingerprint density at radius 1 is 0.588 bits per heavy atom. The van der Waals surface area contributed by atoms with Gasteiger partial charge in [0.2, 0.25) is 0 Å². The Labute approximate surface area is 305 Å². The van der Waals surface area contributed by atoms with Gasteiger partial charge in [-0.05, 0) is 150 Å². The third-order valence-corrected chi connectivity index (χ3v) is 16.6. The van der Waals surface area contributed by atoms with E-state index >= 15 is 0 Å². The van der Waals surface area contributed by atoms with Gasteiger partial charge in [-0.3, -0.25) is 0 Å². The van der Waals surface area contributed by atoms with E-state index in [1.54, 1.807) is 0 Å². The van der Waals surface area contributed by atoms with E-state index in [9.17, 15) is 0 Å². The van der Waals surface area contributed by atoms with Crippen LogP contribution in [0.5, 0.6) is 11.5 Å². The summed E-state index contributed by atoms with van der Waals surface area (Å²) in [5, 5.41) is 2.69. The summed E-state index contributed by atoms with van der Waals surface area (Å²) in [4.78, 5) is 2.57. The zero-order chi connectivity index (χ0) is 34.1. The summed E-state index contributed by atoms with van der Waals surface area (Å²) >= 11 is 1.90. The van der Waals surface area contributed by atoms with Gasteiger partial charge in [-0.15, -0.1) is 11.3 Å². The molecule has 254 valence electrons. The van der Waals surface area contributed by atoms with Gasteiger partial charge < -0.3 is 9.64 Å². The van der Waals surface area contributed by atoms with Crippen LogP contribution in [0.3, 0.4) is 0 Å². The van der Waals surface area contributed by atoms with Crippen LogP contribution in [0.2, 0.25) is 0 Å². The monoisotopic (exact) mass is 683 g/mol. The zero-order valence-corrected chi connectivity index (χ0v) is 30.9. The molecule has 6 unspecified atom stereocenters. The molecule has 1 aliphatic heterocycles. The zero-order valence-electron chi connectivity index (χ0n) is 30.1. The Hall–Kier alpha value is -4.08. The molecule has 0 N–H and O–H groups in total. The van der Waals surface area contributed by atoms with E-state index in [0.29, 0.717) is 5.41 Å². The molecule has 5 aliphatic carbocycles. The summed E-state index contributed by atoms with van der Waals surface area (Å²) in [7, 11) is 0. The molecule has 3 heteroatoms. The van der Waals surface area contributed by atoms with Crippen LogP contribution in [0.15, 0.2) is 103 Å². The molecule has 4 fully saturated rings. The van der Waals surface area contributed by atoms with Crippen LogP contribution < -0.4 is 9.64 Å². The molecular weight excluding hydrogens is 639 g/mol. The highest BCUT2D eigenvalue weighted by molar-refractivity contribution is 7.25. The number of fused-ring (bicyclic) bond motifs is 11. The molecule has 6 aliphatic rings. The molecular formula is C48H45NOS. The van der Waals surface area contributed by atoms with Crippen molar-refractivity contribution in [1.29, 1.82) is 0 Å². The number of nitrogens with zero attached hydrogens (tertiary/aromatic N) is 1. The third-order valence-electron chi connectivity index (χ3n) is 15.4. The number of hydrogen-bond acceptors (Lipinski definition) is 3. The minimum Gasteiger partial charge on any atom is -0.457 e. The number of rotatable bonds is 3. The average Bonchev–Trinajstić information content (AvgIpc) is 3.79. The fourth-order valence-electron chi connectivity index (χ4n) is 13.2. The van der Waals surface area contributed by atoms with Crippen LogP contribution in [-0.4, -0.2) is 0 Å². The largest absolute Gasteiger partial charge is 0.457 e. The Bertz CT molecular complexity index is 2490. The molecule has 6 aromatic rings. The van der Waals surface area contributed by atoms with Crippen LogP contribution in [0.1, 0.15) is 88.5 Å². The summed E-state index contributed by atoms with van der Waals surface area (Å²) in [6.07, 6.45) is 8.13. The number of anilines is 3. The van der Waals surface area contributed by atoms with Crippen LogP contribution in [0.25, 0.3) is 20.2 Å². The van der Waals surface area contributed by atoms with Gasteiger partial charge in [0.25, 0.3) is 0 Å². The summed E-state index contributed by atoms with van der Waals surface area (Å²) < 4.78 is 9.55. The van der Waals surface area contributed by atoms with Crippen molar-refractivity contribution >= 4 is 48.6 Å². The second-order valence-corrected chi connectivity index (χ2v) is 19.5. The molecule has 51 heavy (non-hydrogen) atoms. The summed E-state index contributed by atoms with van der Waals surface area (Å²) in [6.45, 7) is 9.76. The molecule has 0 amide bonds. The minimum absolute atomic E-state index is 0.0485. The van der Waals surface area contributed by atoms with E-state index in [0.717, 1.165) is 35.2 Å². The second-order valence-electron chi connectivity index (χ2n) is 18.5. The van der Waals surface area contributed by atoms with E-state index in [1.165, 1.54) is 98.0 Å². The Morgan fingerprint density at radius 2 is 1.25 bits per heavy atom. The van der Waals surface area contributed by atoms with Gasteiger partial charge in [0.15, 0.2) is 0 Å². The van der Waals surface area contributed by atoms with Crippen molar-refractivity contribution in [2.24, 2.45) is 29.1 Å². The van der Waals surface area contributed by atoms with Crippen molar-refractivity contribution in [3.8, 4) is 11.5 Å². The molecule has 0 saturated heterocycles. The van der Waals surface area contributed by atoms with Crippen LogP contribution >= 0.6 is 11.3 Å². The molecule has 0 radical (unpaired) electrons. The molecule has 6 atom stereocenters. The highest BCUT2D eigenvalue weighted by atomic mass is 32.1. The standard InChI is InChI=1S/C48H45NOS/c1-45(2)19-20-46(3,4)37-25-31(13-16-35(37)45)49(30-15-18-42-34(24-30)33-9-5-8-12-41(33)51-42)32-14-17-40-38(26-32)48(36-10-6-7-11-39(36)50-40)43-22-28-21-29-23-44(48)47(29,43)27-28/h5-18,24-26,28-29,43-44H,19-23,27H2,1-4H3. The average molecular weight is 684 g/mol. The molecule has 2 bridgehead atoms. The SMILES string of the molecule is CC1(C)CCC(C)(C)c2cc(N(c3ccc4c(c3)C3(c5ccccc5O4)C4CC5CC6CC3C64C5)c3ccc4sc5ccccc5c4c3)ccc21. The second kappa shape index (κ2) is 9.47. The maximum absolute atomic E-state index is 6.85. The van der Waals surface area contributed by atoms with E-state index in [4.69, 9.17) is 4.74 Å². The number of para-hydroxylation sites is 1. The van der Waals surface area contributed by atoms with Gasteiger partial charge in [-0.2, -0.15) is 0 Å². The molecule has 4 saturated carbocycles. The van der Waals surface area contributed by atoms with E-state index in [-0.39, 0.29) is 16.2 Å². The normalized spacial score (nSPS) is 30.9. The number of thiophene rings is 1. The lowest BCUT2D eigenvalue weighted by atomic mass is 9.26. The van der Waals surface area contributed by atoms with Crippen molar-refractivity contribution in [2.75, 3.05) is 4.90 Å². The van der Waals surface area contributed by atoms with Crippen LogP contribution in [0.4, 0.5) is 17.1 Å². The Balaban J connectivity index is 1.09. The number of hydrogen-bond donors (Lipinski definition) is 0. The topological polar surface area (TPSA) is 12.5 Å². The number of ether oxygens (including phenoxy) is 1. The van der Waals surface area contributed by atoms with Gasteiger partial charge >= 0.3 is 0 Å². The fraction of sp³-hybridized carbons (Fsp3) is 0.375. The molecule has 2 heterocycles. The van der Waals surface area contributed by atoms with Gasteiger partial charge in [0.1, 0.15) is 11.5 Å². The smallest absolute Gasteiger partial charge is 0.131 e. The Morgan fingerprint density at radius 3 is 2.12 bits per heavy atom. The van der Waals surface area contributed by atoms with Gasteiger partial charge in [-0.1, -0.05) is 70.2 Å². The summed E-state index contributed by atoms with van der Waals surface area (Å²) in [6, 6.07) is 39.7. The lowest BCUT2D eigenvalue weighted by Crippen LogP contribution is -2.74. The minimum atomic E-state index is 0.0485. The first kappa shape index (κ1) is 29.5. The van der Waals surface area contributed by atoms with E-state index in [2.05, 4.69) is 136 Å². The molecule has 2 spiro atoms. The quantitative estimate of drug-likeness (QED) is 0.184. The van der Waals surface area contributed by atoms with Gasteiger partial charge in [0.05, 0.1) is 0 Å². The van der Waals surface area contributed by atoms with E-state index in [1.807, 2.05) is 11.3 Å².